The molecule has 0 radical (unpaired) electrons. The van der Waals surface area contributed by atoms with E-state index in [-0.39, 0.29) is 11.4 Å². The molecule has 2 rings (SSSR count). The summed E-state index contributed by atoms with van der Waals surface area (Å²) in [6.45, 7) is 0. The van der Waals surface area contributed by atoms with E-state index < -0.39 is 16.6 Å². The van der Waals surface area contributed by atoms with Crippen LogP contribution in [0.25, 0.3) is 0 Å². The predicted molar refractivity (Wildman–Crippen MR) is 55.9 cm³/mol. The molecular weight excluding hydrogens is 212 g/mol. The van der Waals surface area contributed by atoms with Gasteiger partial charge in [0, 0.05) is 11.6 Å². The number of nitro benzene ring substituents is 1. The number of phenols is 1. The Balaban J connectivity index is 2.37. The fourth-order valence-corrected chi connectivity index (χ4v) is 2.00. The number of nitrogens with zero attached hydrogens (tertiary/aromatic N) is 1. The van der Waals surface area contributed by atoms with Crippen molar-refractivity contribution in [1.82, 2.24) is 0 Å². The minimum absolute atomic E-state index is 0.358. The lowest BCUT2D eigenvalue weighted by atomic mass is 9.70. The van der Waals surface area contributed by atoms with E-state index in [1.54, 1.807) is 6.07 Å². The van der Waals surface area contributed by atoms with Crippen molar-refractivity contribution >= 4 is 5.69 Å². The number of nitro groups is 1. The van der Waals surface area contributed by atoms with Crippen LogP contribution in [0.4, 0.5) is 5.69 Å². The van der Waals surface area contributed by atoms with E-state index in [1.807, 2.05) is 0 Å². The summed E-state index contributed by atoms with van der Waals surface area (Å²) in [5, 5.41) is 29.1. The van der Waals surface area contributed by atoms with Crippen molar-refractivity contribution in [3.8, 4) is 5.75 Å². The van der Waals surface area contributed by atoms with Crippen molar-refractivity contribution in [2.24, 2.45) is 5.73 Å². The summed E-state index contributed by atoms with van der Waals surface area (Å²) in [4.78, 5) is 9.97. The first kappa shape index (κ1) is 10.8. The summed E-state index contributed by atoms with van der Waals surface area (Å²) in [7, 11) is 0. The molecule has 0 aliphatic heterocycles. The topological polar surface area (TPSA) is 110 Å². The molecule has 0 spiro atoms. The molecule has 1 aliphatic rings. The summed E-state index contributed by atoms with van der Waals surface area (Å²) < 4.78 is 0. The van der Waals surface area contributed by atoms with Crippen molar-refractivity contribution in [2.75, 3.05) is 0 Å². The molecule has 6 heteroatoms. The summed E-state index contributed by atoms with van der Waals surface area (Å²) in [6.07, 6.45) is 0.321. The highest BCUT2D eigenvalue weighted by Gasteiger charge is 2.42. The first-order chi connectivity index (χ1) is 7.42. The molecule has 0 bridgehead atoms. The Kier molecular flexibility index (Phi) is 2.32. The zero-order valence-corrected chi connectivity index (χ0v) is 8.46. The van der Waals surface area contributed by atoms with Gasteiger partial charge in [-0.25, -0.2) is 0 Å². The largest absolute Gasteiger partial charge is 0.502 e. The van der Waals surface area contributed by atoms with E-state index in [9.17, 15) is 20.3 Å². The third-order valence-electron chi connectivity index (χ3n) is 2.95. The van der Waals surface area contributed by atoms with Gasteiger partial charge in [-0.15, -0.1) is 0 Å². The molecule has 4 N–H and O–H groups in total. The van der Waals surface area contributed by atoms with E-state index in [2.05, 4.69) is 0 Å². The summed E-state index contributed by atoms with van der Waals surface area (Å²) in [5.41, 5.74) is 5.47. The van der Waals surface area contributed by atoms with E-state index >= 15 is 0 Å². The second-order valence-corrected chi connectivity index (χ2v) is 4.18. The second kappa shape index (κ2) is 3.43. The van der Waals surface area contributed by atoms with Crippen molar-refractivity contribution in [1.29, 1.82) is 0 Å². The van der Waals surface area contributed by atoms with Crippen LogP contribution in [0, 0.1) is 10.1 Å². The lowest BCUT2D eigenvalue weighted by Crippen LogP contribution is -2.51. The highest BCUT2D eigenvalue weighted by atomic mass is 16.6. The molecule has 0 amide bonds. The number of hydrogen-bond acceptors (Lipinski definition) is 5. The number of aliphatic hydroxyl groups excluding tert-OH is 1. The van der Waals surface area contributed by atoms with Crippen LogP contribution in [0.1, 0.15) is 18.4 Å². The Morgan fingerprint density at radius 2 is 2.12 bits per heavy atom. The maximum Gasteiger partial charge on any atom is 0.311 e. The lowest BCUT2D eigenvalue weighted by molar-refractivity contribution is -0.386. The van der Waals surface area contributed by atoms with E-state index in [4.69, 9.17) is 5.73 Å². The quantitative estimate of drug-likeness (QED) is 0.503. The number of benzene rings is 1. The summed E-state index contributed by atoms with van der Waals surface area (Å²) in [6, 6.07) is 4.07. The number of rotatable bonds is 2. The van der Waals surface area contributed by atoms with Crippen LogP contribution >= 0.6 is 0 Å². The molecular formula is C10H12N2O4. The Morgan fingerprint density at radius 3 is 2.62 bits per heavy atom. The average molecular weight is 224 g/mol. The molecule has 1 aromatic rings. The molecule has 0 atom stereocenters. The van der Waals surface area contributed by atoms with Crippen molar-refractivity contribution in [2.45, 2.75) is 24.5 Å². The average Bonchev–Trinajstić information content (AvgIpc) is 2.15. The molecule has 1 aromatic carbocycles. The van der Waals surface area contributed by atoms with Crippen LogP contribution in [0.3, 0.4) is 0 Å². The van der Waals surface area contributed by atoms with Crippen LogP contribution in [0.15, 0.2) is 18.2 Å². The third-order valence-corrected chi connectivity index (χ3v) is 2.95. The highest BCUT2D eigenvalue weighted by Crippen LogP contribution is 2.41. The first-order valence-electron chi connectivity index (χ1n) is 4.87. The van der Waals surface area contributed by atoms with Gasteiger partial charge in [-0.2, -0.15) is 0 Å². The van der Waals surface area contributed by atoms with Crippen LogP contribution in [0.2, 0.25) is 0 Å². The smallest absolute Gasteiger partial charge is 0.311 e. The fraction of sp³-hybridized carbons (Fsp3) is 0.400. The molecule has 1 aliphatic carbocycles. The minimum Gasteiger partial charge on any atom is -0.502 e. The van der Waals surface area contributed by atoms with Crippen molar-refractivity contribution < 1.29 is 15.1 Å². The molecule has 0 saturated heterocycles. The molecule has 1 fully saturated rings. The van der Waals surface area contributed by atoms with Crippen LogP contribution in [0.5, 0.6) is 5.75 Å². The molecule has 86 valence electrons. The van der Waals surface area contributed by atoms with Crippen LogP contribution in [-0.2, 0) is 5.54 Å². The third kappa shape index (κ3) is 1.62. The zero-order chi connectivity index (χ0) is 11.9. The number of hydrogen-bond donors (Lipinski definition) is 3. The SMILES string of the molecule is NC1(c2ccc(O)c([N+](=O)[O-])c2)CC(O)C1. The zero-order valence-electron chi connectivity index (χ0n) is 8.46. The van der Waals surface area contributed by atoms with Gasteiger partial charge in [0.2, 0.25) is 0 Å². The predicted octanol–water partition coefficient (Wildman–Crippen LogP) is 0.609. The van der Waals surface area contributed by atoms with Gasteiger partial charge in [-0.3, -0.25) is 10.1 Å². The molecule has 0 aromatic heterocycles. The van der Waals surface area contributed by atoms with Gasteiger partial charge in [-0.05, 0) is 24.5 Å². The molecule has 6 nitrogen and oxygen atoms in total. The number of phenolic OH excluding ortho intramolecular Hbond substituents is 1. The minimum atomic E-state index is -0.710. The van der Waals surface area contributed by atoms with Gasteiger partial charge in [0.25, 0.3) is 0 Å². The maximum atomic E-state index is 10.6. The van der Waals surface area contributed by atoms with E-state index in [0.717, 1.165) is 0 Å². The number of nitrogens with two attached hydrogens (primary N) is 1. The van der Waals surface area contributed by atoms with Gasteiger partial charge in [-0.1, -0.05) is 6.07 Å². The van der Waals surface area contributed by atoms with Gasteiger partial charge in [0.1, 0.15) is 0 Å². The van der Waals surface area contributed by atoms with Gasteiger partial charge >= 0.3 is 5.69 Å². The summed E-state index contributed by atoms with van der Waals surface area (Å²) >= 11 is 0. The normalized spacial score (nSPS) is 28.5. The first-order valence-corrected chi connectivity index (χ1v) is 4.87. The Hall–Kier alpha value is -1.66. The van der Waals surface area contributed by atoms with E-state index in [1.165, 1.54) is 12.1 Å². The molecule has 0 unspecified atom stereocenters. The van der Waals surface area contributed by atoms with Gasteiger partial charge in [0.05, 0.1) is 11.0 Å². The second-order valence-electron chi connectivity index (χ2n) is 4.18. The van der Waals surface area contributed by atoms with Crippen LogP contribution in [-0.4, -0.2) is 21.2 Å². The molecule has 16 heavy (non-hydrogen) atoms. The Morgan fingerprint density at radius 1 is 1.50 bits per heavy atom. The Labute approximate surface area is 91.5 Å². The fourth-order valence-electron chi connectivity index (χ4n) is 2.00. The van der Waals surface area contributed by atoms with Crippen LogP contribution < -0.4 is 5.73 Å². The van der Waals surface area contributed by atoms with Gasteiger partial charge < -0.3 is 15.9 Å². The summed E-state index contributed by atoms with van der Waals surface area (Å²) in [5.74, 6) is -0.378. The number of aromatic hydroxyl groups is 1. The lowest BCUT2D eigenvalue weighted by Gasteiger charge is -2.42. The van der Waals surface area contributed by atoms with Crippen molar-refractivity contribution in [3.05, 3.63) is 33.9 Å². The van der Waals surface area contributed by atoms with E-state index in [0.29, 0.717) is 18.4 Å². The number of aliphatic hydroxyl groups is 1. The standard InChI is InChI=1S/C10H12N2O4/c11-10(4-7(13)5-10)6-1-2-9(14)8(3-6)12(15)16/h1-3,7,13-14H,4-5,11H2. The van der Waals surface area contributed by atoms with Gasteiger partial charge in [0.15, 0.2) is 5.75 Å². The van der Waals surface area contributed by atoms with Crippen molar-refractivity contribution in [3.63, 3.8) is 0 Å². The monoisotopic (exact) mass is 224 g/mol. The molecule has 1 saturated carbocycles. The molecule has 0 heterocycles. The highest BCUT2D eigenvalue weighted by molar-refractivity contribution is 5.49. The Bertz CT molecular complexity index is 440. The maximum absolute atomic E-state index is 10.6.